The molecular formula is C73H133N11O14S. The molecule has 0 aromatic rings. The molecule has 1 fully saturated rings. The van der Waals surface area contributed by atoms with Gasteiger partial charge in [0.1, 0.15) is 72.2 Å². The van der Waals surface area contributed by atoms with Crippen LogP contribution in [0.2, 0.25) is 0 Å². The van der Waals surface area contributed by atoms with Crippen LogP contribution >= 0.6 is 11.8 Å². The van der Waals surface area contributed by atoms with Crippen LogP contribution in [0.5, 0.6) is 0 Å². The SMILES string of the molecule is CC[C@@H]1NC(=O)[C@H]([C@H](O)[C@H](C)CCCCCCCCC(C)=O)N(C)C(=O)[C@H](C(C)C)N(C)C(=O)[C@H](CC(C)C)N(C)C(=O)[C@H](CC(C)C)N(C)C(=O)[C@@H](C)NC(=O)[C@H](C)NC(=O)[C@H](CC(C)C)N(C)C(=O)[C@H](C(C)C)NC(=O)[C@H](CC(C)C)N(C)C(=O)[C@@H](CSCCCCO)N(C)C1=O. The van der Waals surface area contributed by atoms with Crippen LogP contribution in [-0.4, -0.2) is 255 Å². The molecule has 1 heterocycles. The highest BCUT2D eigenvalue weighted by molar-refractivity contribution is 7.99. The number of likely N-dealkylation sites (N-methyl/N-ethyl adjacent to an activating group) is 7. The van der Waals surface area contributed by atoms with Crippen LogP contribution in [0.15, 0.2) is 0 Å². The first-order valence-corrected chi connectivity index (χ1v) is 37.6. The van der Waals surface area contributed by atoms with Crippen molar-refractivity contribution in [2.45, 2.75) is 287 Å². The van der Waals surface area contributed by atoms with Crippen molar-refractivity contribution in [1.29, 1.82) is 0 Å². The number of aliphatic hydroxyl groups excluding tert-OH is 2. The second-order valence-electron chi connectivity index (χ2n) is 30.4. The Bertz CT molecular complexity index is 2630. The monoisotopic (exact) mass is 1420 g/mol. The average molecular weight is 1420 g/mol. The highest BCUT2D eigenvalue weighted by Gasteiger charge is 2.46. The van der Waals surface area contributed by atoms with Gasteiger partial charge < -0.3 is 70.6 Å². The van der Waals surface area contributed by atoms with Crippen LogP contribution in [0.1, 0.15) is 214 Å². The molecule has 570 valence electrons. The zero-order valence-electron chi connectivity index (χ0n) is 65.0. The minimum absolute atomic E-state index is 0.0146. The Kier molecular flexibility index (Phi) is 40.9. The van der Waals surface area contributed by atoms with Crippen molar-refractivity contribution in [1.82, 2.24) is 55.6 Å². The van der Waals surface area contributed by atoms with Crippen LogP contribution in [0.4, 0.5) is 0 Å². The Morgan fingerprint density at radius 3 is 1.32 bits per heavy atom. The predicted octanol–water partition coefficient (Wildman–Crippen LogP) is 5.89. The second kappa shape index (κ2) is 44.5. The first kappa shape index (κ1) is 91.1. The molecule has 0 unspecified atom stereocenters. The predicted molar refractivity (Wildman–Crippen MR) is 389 cm³/mol. The molecule has 13 atom stereocenters. The maximum absolute atomic E-state index is 15.5. The van der Waals surface area contributed by atoms with Crippen molar-refractivity contribution in [3.8, 4) is 0 Å². The Hall–Kier alpha value is -5.89. The fraction of sp³-hybridized carbons (Fsp3) is 0.836. The number of nitrogens with zero attached hydrogens (tertiary/aromatic N) is 7. The molecule has 0 aliphatic carbocycles. The minimum atomic E-state index is -1.65. The lowest BCUT2D eigenvalue weighted by atomic mass is 9.90. The third-order valence-corrected chi connectivity index (χ3v) is 20.2. The van der Waals surface area contributed by atoms with Gasteiger partial charge in [-0.15, -0.1) is 0 Å². The summed E-state index contributed by atoms with van der Waals surface area (Å²) in [5, 5.41) is 33.4. The van der Waals surface area contributed by atoms with Crippen LogP contribution in [-0.2, 0) is 57.5 Å². The van der Waals surface area contributed by atoms with Crippen molar-refractivity contribution in [2.75, 3.05) is 67.4 Å². The maximum Gasteiger partial charge on any atom is 0.246 e. The van der Waals surface area contributed by atoms with Crippen LogP contribution in [0, 0.1) is 41.4 Å². The van der Waals surface area contributed by atoms with E-state index in [1.165, 1.54) is 104 Å². The Labute approximate surface area is 598 Å². The maximum atomic E-state index is 15.5. The number of nitrogens with one attached hydrogen (secondary N) is 4. The molecule has 6 N–H and O–H groups in total. The van der Waals surface area contributed by atoms with Gasteiger partial charge in [0.2, 0.25) is 65.0 Å². The van der Waals surface area contributed by atoms with E-state index in [4.69, 9.17) is 0 Å². The quantitative estimate of drug-likeness (QED) is 0.0498. The highest BCUT2D eigenvalue weighted by Crippen LogP contribution is 2.27. The molecule has 0 spiro atoms. The summed E-state index contributed by atoms with van der Waals surface area (Å²) in [6, 6.07) is -13.9. The summed E-state index contributed by atoms with van der Waals surface area (Å²) in [5.41, 5.74) is 0. The van der Waals surface area contributed by atoms with Gasteiger partial charge in [-0.2, -0.15) is 11.8 Å². The largest absolute Gasteiger partial charge is 0.396 e. The lowest BCUT2D eigenvalue weighted by Crippen LogP contribution is -2.64. The average Bonchev–Trinajstić information content (AvgIpc) is 0.807. The normalized spacial score (nSPS) is 25.4. The van der Waals surface area contributed by atoms with Gasteiger partial charge in [-0.25, -0.2) is 0 Å². The number of unbranched alkanes of at least 4 members (excludes halogenated alkanes) is 6. The number of thioether (sulfide) groups is 1. The van der Waals surface area contributed by atoms with Crippen molar-refractivity contribution in [3.05, 3.63) is 0 Å². The molecule has 99 heavy (non-hydrogen) atoms. The zero-order valence-corrected chi connectivity index (χ0v) is 65.8. The fourth-order valence-corrected chi connectivity index (χ4v) is 13.9. The first-order valence-electron chi connectivity index (χ1n) is 36.5. The lowest BCUT2D eigenvalue weighted by Gasteiger charge is -2.41. The molecule has 0 aromatic heterocycles. The van der Waals surface area contributed by atoms with Crippen molar-refractivity contribution >= 4 is 82.5 Å². The number of Topliss-reactive ketones (excluding diaryl/α,β-unsaturated/α-hetero) is 1. The number of hydrogen-bond donors (Lipinski definition) is 6. The summed E-state index contributed by atoms with van der Waals surface area (Å²) in [7, 11) is 10.1. The van der Waals surface area contributed by atoms with Crippen LogP contribution in [0.3, 0.4) is 0 Å². The third-order valence-electron chi connectivity index (χ3n) is 19.0. The molecule has 0 bridgehead atoms. The summed E-state index contributed by atoms with van der Waals surface area (Å²) < 4.78 is 0. The molecule has 0 aromatic carbocycles. The van der Waals surface area contributed by atoms with Crippen molar-refractivity contribution in [2.24, 2.45) is 41.4 Å². The Morgan fingerprint density at radius 2 is 0.848 bits per heavy atom. The van der Waals surface area contributed by atoms with Gasteiger partial charge in [0.05, 0.1) is 6.10 Å². The van der Waals surface area contributed by atoms with E-state index in [1.54, 1.807) is 48.5 Å². The molecule has 1 rings (SSSR count). The number of aliphatic hydroxyl groups is 2. The number of hydrogen-bond acceptors (Lipinski definition) is 15. The van der Waals surface area contributed by atoms with Gasteiger partial charge in [0.25, 0.3) is 0 Å². The molecule has 11 amide bonds. The summed E-state index contributed by atoms with van der Waals surface area (Å²) in [6.45, 7) is 29.7. The van der Waals surface area contributed by atoms with Gasteiger partial charge in [-0.05, 0) is 126 Å². The second-order valence-corrected chi connectivity index (χ2v) is 31.5. The molecule has 25 nitrogen and oxygen atoms in total. The van der Waals surface area contributed by atoms with Gasteiger partial charge in [0, 0.05) is 68.1 Å². The number of carbonyl (C=O) groups is 12. The molecule has 0 radical (unpaired) electrons. The molecule has 26 heteroatoms. The number of ketones is 1. The molecule has 1 aliphatic heterocycles. The third kappa shape index (κ3) is 28.5. The van der Waals surface area contributed by atoms with E-state index >= 15 is 28.8 Å². The fourth-order valence-electron chi connectivity index (χ4n) is 12.7. The molecule has 0 saturated carbocycles. The van der Waals surface area contributed by atoms with Gasteiger partial charge in [-0.3, -0.25) is 52.7 Å². The van der Waals surface area contributed by atoms with Crippen LogP contribution in [0.25, 0.3) is 0 Å². The van der Waals surface area contributed by atoms with E-state index in [0.717, 1.165) is 37.0 Å². The summed E-state index contributed by atoms with van der Waals surface area (Å²) in [5.74, 6) is -9.30. The Balaban J connectivity index is 4.51. The minimum Gasteiger partial charge on any atom is -0.396 e. The summed E-state index contributed by atoms with van der Waals surface area (Å²) >= 11 is 1.36. The van der Waals surface area contributed by atoms with Gasteiger partial charge in [0.15, 0.2) is 0 Å². The zero-order chi connectivity index (χ0) is 76.2. The van der Waals surface area contributed by atoms with Crippen molar-refractivity contribution < 1.29 is 67.7 Å². The smallest absolute Gasteiger partial charge is 0.246 e. The van der Waals surface area contributed by atoms with Gasteiger partial charge >= 0.3 is 0 Å². The van der Waals surface area contributed by atoms with E-state index in [2.05, 4.69) is 21.3 Å². The molecular weight excluding hydrogens is 1290 g/mol. The number of carbonyl (C=O) groups excluding carboxylic acids is 12. The van der Waals surface area contributed by atoms with E-state index in [1.807, 2.05) is 55.4 Å². The summed E-state index contributed by atoms with van der Waals surface area (Å²) in [6.07, 6.45) is 5.97. The van der Waals surface area contributed by atoms with E-state index in [9.17, 15) is 39.0 Å². The van der Waals surface area contributed by atoms with E-state index < -0.39 is 155 Å². The first-order chi connectivity index (χ1) is 46.0. The summed E-state index contributed by atoms with van der Waals surface area (Å²) in [4.78, 5) is 185. The standard InChI is InChI=1S/C73H133N11O14S/c1-25-53-68(93)82(22)58(42-99-37-33-32-36-85)71(96)78(18)55(39-44(4)5)65(90)77-59(47(10)11)72(97)79(19)54(38-43(2)3)64(89)74-51(16)63(88)75-52(17)67(92)80(20)56(40-45(6)7)69(94)81(21)57(41-46(8)9)70(95)83(23)60(48(12)13)73(98)84(24)61(66(91)76-53)62(87)49(14)34-30-28-26-27-29-31-35-50(15)86/h43-49,51-62,85,87H,25-42H2,1-24H3,(H,74,89)(H,75,88)(H,76,91)(H,77,90)/t49-,51+,52-,53+,54+,55+,56+,57+,58-,59+,60+,61+,62-/m1/s1. The number of rotatable bonds is 28. The van der Waals surface area contributed by atoms with Crippen molar-refractivity contribution in [3.63, 3.8) is 0 Å². The highest BCUT2D eigenvalue weighted by atomic mass is 32.2. The Morgan fingerprint density at radius 1 is 0.434 bits per heavy atom. The molecule has 1 saturated heterocycles. The van der Waals surface area contributed by atoms with E-state index in [0.29, 0.717) is 37.9 Å². The van der Waals surface area contributed by atoms with Gasteiger partial charge in [-0.1, -0.05) is 129 Å². The lowest BCUT2D eigenvalue weighted by molar-refractivity contribution is -0.157. The van der Waals surface area contributed by atoms with E-state index in [-0.39, 0.29) is 73.9 Å². The topological polar surface area (TPSA) is 316 Å². The number of amides is 11. The molecule has 1 aliphatic rings. The van der Waals surface area contributed by atoms with Crippen LogP contribution < -0.4 is 21.3 Å².